The molecule has 1 aromatic heterocycles. The van der Waals surface area contributed by atoms with E-state index in [0.29, 0.717) is 17.3 Å². The van der Waals surface area contributed by atoms with E-state index in [1.807, 2.05) is 20.1 Å². The van der Waals surface area contributed by atoms with Crippen molar-refractivity contribution in [1.29, 1.82) is 0 Å². The van der Waals surface area contributed by atoms with Gasteiger partial charge >= 0.3 is 0 Å². The van der Waals surface area contributed by atoms with Crippen LogP contribution in [-0.4, -0.2) is 34.1 Å². The maximum Gasteiger partial charge on any atom is 0.279 e. The van der Waals surface area contributed by atoms with Crippen LogP contribution in [0.25, 0.3) is 0 Å². The number of amides is 2. The number of hydrogen-bond acceptors (Lipinski definition) is 6. The zero-order chi connectivity index (χ0) is 20.7. The quantitative estimate of drug-likeness (QED) is 0.417. The average molecular weight is 406 g/mol. The minimum absolute atomic E-state index is 0.178. The number of aromatic nitrogens is 2. The molecule has 150 valence electrons. The number of hydrazine groups is 1. The van der Waals surface area contributed by atoms with Crippen molar-refractivity contribution in [3.8, 4) is 5.75 Å². The number of nitrogens with one attached hydrogen (secondary N) is 2. The van der Waals surface area contributed by atoms with Gasteiger partial charge in [0, 0.05) is 17.8 Å². The van der Waals surface area contributed by atoms with Crippen LogP contribution in [0.3, 0.4) is 0 Å². The van der Waals surface area contributed by atoms with Crippen LogP contribution in [0.5, 0.6) is 5.75 Å². The van der Waals surface area contributed by atoms with Gasteiger partial charge in [-0.25, -0.2) is 14.4 Å². The minimum atomic E-state index is -0.859. The summed E-state index contributed by atoms with van der Waals surface area (Å²) in [7, 11) is 0. The van der Waals surface area contributed by atoms with Crippen LogP contribution in [0.4, 0.5) is 4.39 Å². The Labute approximate surface area is 167 Å². The molecule has 1 aromatic carbocycles. The van der Waals surface area contributed by atoms with Gasteiger partial charge in [0.05, 0.1) is 0 Å². The normalized spacial score (nSPS) is 11.6. The van der Waals surface area contributed by atoms with Gasteiger partial charge in [0.2, 0.25) is 5.91 Å². The lowest BCUT2D eigenvalue weighted by atomic mass is 10.1. The van der Waals surface area contributed by atoms with Gasteiger partial charge in [-0.1, -0.05) is 11.8 Å². The van der Waals surface area contributed by atoms with Crippen LogP contribution in [0, 0.1) is 19.7 Å². The summed E-state index contributed by atoms with van der Waals surface area (Å²) >= 11 is 1.47. The van der Waals surface area contributed by atoms with Crippen molar-refractivity contribution in [2.24, 2.45) is 0 Å². The van der Waals surface area contributed by atoms with Crippen LogP contribution in [0.15, 0.2) is 29.4 Å². The number of hydrogen-bond donors (Lipinski definition) is 2. The summed E-state index contributed by atoms with van der Waals surface area (Å²) < 4.78 is 18.3. The number of benzene rings is 1. The van der Waals surface area contributed by atoms with Gasteiger partial charge < -0.3 is 4.74 Å². The van der Waals surface area contributed by atoms with Crippen molar-refractivity contribution in [2.75, 3.05) is 6.26 Å². The van der Waals surface area contributed by atoms with Crippen LogP contribution < -0.4 is 15.6 Å². The Bertz CT molecular complexity index is 823. The Morgan fingerprint density at radius 3 is 2.32 bits per heavy atom. The number of carbonyl (C=O) groups excluding carboxylic acids is 2. The van der Waals surface area contributed by atoms with Gasteiger partial charge in [-0.05, 0) is 63.3 Å². The number of thioether (sulfide) groups is 1. The largest absolute Gasteiger partial charge is 0.481 e. The minimum Gasteiger partial charge on any atom is -0.481 e. The van der Waals surface area contributed by atoms with Gasteiger partial charge in [-0.3, -0.25) is 20.4 Å². The first kappa shape index (κ1) is 21.6. The molecule has 0 saturated heterocycles. The molecule has 0 aliphatic heterocycles. The van der Waals surface area contributed by atoms with Crippen LogP contribution in [-0.2, 0) is 16.0 Å². The highest BCUT2D eigenvalue weighted by Gasteiger charge is 2.16. The smallest absolute Gasteiger partial charge is 0.279 e. The third-order valence-electron chi connectivity index (χ3n) is 4.01. The highest BCUT2D eigenvalue weighted by molar-refractivity contribution is 7.98. The van der Waals surface area contributed by atoms with Gasteiger partial charge in [-0.15, -0.1) is 0 Å². The molecular formula is C19H23FN4O3S. The summed E-state index contributed by atoms with van der Waals surface area (Å²) in [4.78, 5) is 32.8. The van der Waals surface area contributed by atoms with E-state index in [2.05, 4.69) is 20.8 Å². The Morgan fingerprint density at radius 1 is 1.14 bits per heavy atom. The van der Waals surface area contributed by atoms with E-state index in [9.17, 15) is 14.0 Å². The monoisotopic (exact) mass is 406 g/mol. The summed E-state index contributed by atoms with van der Waals surface area (Å²) in [5.41, 5.74) is 7.30. The zero-order valence-electron chi connectivity index (χ0n) is 16.2. The van der Waals surface area contributed by atoms with E-state index in [0.717, 1.165) is 17.0 Å². The van der Waals surface area contributed by atoms with Crippen LogP contribution in [0.1, 0.15) is 30.3 Å². The molecule has 1 heterocycles. The fraction of sp³-hybridized carbons (Fsp3) is 0.368. The zero-order valence-corrected chi connectivity index (χ0v) is 17.0. The summed E-state index contributed by atoms with van der Waals surface area (Å²) in [6, 6.07) is 5.32. The van der Waals surface area contributed by atoms with E-state index < -0.39 is 17.8 Å². The Kier molecular flexibility index (Phi) is 7.74. The molecule has 0 spiro atoms. The van der Waals surface area contributed by atoms with Gasteiger partial charge in [0.15, 0.2) is 11.3 Å². The summed E-state index contributed by atoms with van der Waals surface area (Å²) in [5, 5.41) is 0.700. The average Bonchev–Trinajstić information content (AvgIpc) is 2.66. The third kappa shape index (κ3) is 6.19. The number of nitrogens with zero attached hydrogens (tertiary/aromatic N) is 2. The van der Waals surface area contributed by atoms with Gasteiger partial charge in [0.1, 0.15) is 11.6 Å². The molecule has 0 saturated carbocycles. The molecule has 2 rings (SSSR count). The predicted octanol–water partition coefficient (Wildman–Crippen LogP) is 2.50. The molecule has 2 aromatic rings. The van der Waals surface area contributed by atoms with E-state index in [4.69, 9.17) is 4.74 Å². The molecule has 7 nitrogen and oxygen atoms in total. The maximum absolute atomic E-state index is 12.9. The van der Waals surface area contributed by atoms with Crippen molar-refractivity contribution in [3.05, 3.63) is 47.0 Å². The fourth-order valence-corrected chi connectivity index (χ4v) is 2.92. The predicted molar refractivity (Wildman–Crippen MR) is 104 cm³/mol. The summed E-state index contributed by atoms with van der Waals surface area (Å²) in [6.45, 7) is 5.30. The van der Waals surface area contributed by atoms with Crippen molar-refractivity contribution in [2.45, 2.75) is 44.9 Å². The fourth-order valence-electron chi connectivity index (χ4n) is 2.47. The van der Waals surface area contributed by atoms with Crippen LogP contribution >= 0.6 is 11.8 Å². The van der Waals surface area contributed by atoms with E-state index in [1.54, 1.807) is 0 Å². The van der Waals surface area contributed by atoms with Crippen molar-refractivity contribution in [1.82, 2.24) is 20.8 Å². The Morgan fingerprint density at radius 2 is 1.75 bits per heavy atom. The first-order chi connectivity index (χ1) is 13.3. The standard InChI is InChI=1S/C19H23FN4O3S/c1-11-16(12(2)22-19(21-11)28-4)9-10-17(25)23-24-18(26)13(3)27-15-7-5-14(20)6-8-15/h5-8,13H,9-10H2,1-4H3,(H,23,25)(H,24,26)/t13-/m1/s1. The lowest BCUT2D eigenvalue weighted by Crippen LogP contribution is -2.47. The summed E-state index contributed by atoms with van der Waals surface area (Å²) in [5.74, 6) is -0.890. The van der Waals surface area contributed by atoms with E-state index >= 15 is 0 Å². The van der Waals surface area contributed by atoms with Crippen LogP contribution in [0.2, 0.25) is 0 Å². The second kappa shape index (κ2) is 10.0. The molecule has 0 bridgehead atoms. The van der Waals surface area contributed by atoms with E-state index in [1.165, 1.54) is 43.0 Å². The highest BCUT2D eigenvalue weighted by atomic mass is 32.2. The second-order valence-electron chi connectivity index (χ2n) is 6.11. The van der Waals surface area contributed by atoms with Crippen molar-refractivity contribution < 1.29 is 18.7 Å². The number of ether oxygens (including phenoxy) is 1. The molecule has 2 amide bonds. The molecule has 9 heteroatoms. The molecular weight excluding hydrogens is 383 g/mol. The van der Waals surface area contributed by atoms with E-state index in [-0.39, 0.29) is 12.3 Å². The molecule has 1 atom stereocenters. The first-order valence-corrected chi connectivity index (χ1v) is 9.91. The molecule has 0 unspecified atom stereocenters. The number of halogens is 1. The lowest BCUT2D eigenvalue weighted by molar-refractivity contribution is -0.132. The SMILES string of the molecule is CSc1nc(C)c(CCC(=O)NNC(=O)[C@@H](C)Oc2ccc(F)cc2)c(C)n1. The second-order valence-corrected chi connectivity index (χ2v) is 6.88. The molecule has 0 aliphatic rings. The Balaban J connectivity index is 1.80. The highest BCUT2D eigenvalue weighted by Crippen LogP contribution is 2.17. The number of rotatable bonds is 7. The van der Waals surface area contributed by atoms with Gasteiger partial charge in [0.25, 0.3) is 5.91 Å². The molecule has 0 radical (unpaired) electrons. The maximum atomic E-state index is 12.9. The lowest BCUT2D eigenvalue weighted by Gasteiger charge is -2.15. The van der Waals surface area contributed by atoms with Crippen molar-refractivity contribution >= 4 is 23.6 Å². The molecule has 28 heavy (non-hydrogen) atoms. The van der Waals surface area contributed by atoms with Crippen molar-refractivity contribution in [3.63, 3.8) is 0 Å². The third-order valence-corrected chi connectivity index (χ3v) is 4.55. The first-order valence-electron chi connectivity index (χ1n) is 8.69. The Hall–Kier alpha value is -2.68. The number of aryl methyl sites for hydroxylation is 2. The molecule has 0 fully saturated rings. The summed E-state index contributed by atoms with van der Waals surface area (Å²) in [6.07, 6.45) is 1.69. The molecule has 0 aliphatic carbocycles. The van der Waals surface area contributed by atoms with Gasteiger partial charge in [-0.2, -0.15) is 0 Å². The topological polar surface area (TPSA) is 93.2 Å². The number of carbonyl (C=O) groups is 2. The molecule has 2 N–H and O–H groups in total.